The van der Waals surface area contributed by atoms with Gasteiger partial charge in [0.1, 0.15) is 5.56 Å². The molecule has 0 radical (unpaired) electrons. The van der Waals surface area contributed by atoms with Gasteiger partial charge in [-0.1, -0.05) is 0 Å². The lowest BCUT2D eigenvalue weighted by Crippen LogP contribution is -2.34. The number of aromatic nitrogens is 2. The molecule has 96 valence electrons. The smallest absolute Gasteiger partial charge is 0.257 e. The molecule has 6 heteroatoms. The third kappa shape index (κ3) is 2.70. The van der Waals surface area contributed by atoms with Gasteiger partial charge < -0.3 is 11.1 Å². The Labute approximate surface area is 109 Å². The highest BCUT2D eigenvalue weighted by Crippen LogP contribution is 2.13. The van der Waals surface area contributed by atoms with Gasteiger partial charge in [-0.25, -0.2) is 0 Å². The minimum absolute atomic E-state index is 0.0563. The maximum Gasteiger partial charge on any atom is 0.257 e. The maximum atomic E-state index is 12.0. The van der Waals surface area contributed by atoms with Crippen molar-refractivity contribution < 1.29 is 4.79 Å². The third-order valence-corrected chi connectivity index (χ3v) is 3.43. The topological polar surface area (TPSA) is 83.8 Å². The van der Waals surface area contributed by atoms with E-state index >= 15 is 0 Å². The Hall–Kier alpha value is -1.82. The van der Waals surface area contributed by atoms with E-state index in [2.05, 4.69) is 27.0 Å². The Bertz CT molecular complexity index is 513. The number of carbonyl (C=O) groups excluding carboxylic acids is 1. The largest absolute Gasteiger partial charge is 0.382 e. The van der Waals surface area contributed by atoms with Crippen molar-refractivity contribution in [1.82, 2.24) is 15.5 Å². The molecule has 2 heterocycles. The number of amides is 1. The van der Waals surface area contributed by atoms with Gasteiger partial charge in [-0.2, -0.15) is 16.4 Å². The van der Waals surface area contributed by atoms with Crippen LogP contribution < -0.4 is 11.1 Å². The first-order valence-electron chi connectivity index (χ1n) is 5.70. The van der Waals surface area contributed by atoms with Gasteiger partial charge in [0.15, 0.2) is 5.82 Å². The van der Waals surface area contributed by atoms with Crippen molar-refractivity contribution >= 4 is 23.1 Å². The van der Waals surface area contributed by atoms with E-state index in [0.717, 1.165) is 6.42 Å². The lowest BCUT2D eigenvalue weighted by Gasteiger charge is -2.13. The van der Waals surface area contributed by atoms with E-state index in [1.165, 1.54) is 5.56 Å². The number of anilines is 1. The fraction of sp³-hybridized carbons (Fsp3) is 0.333. The Morgan fingerprint density at radius 1 is 1.67 bits per heavy atom. The number of nitrogens with one attached hydrogen (secondary N) is 2. The molecule has 1 amide bonds. The zero-order valence-electron chi connectivity index (χ0n) is 10.4. The molecule has 5 nitrogen and oxygen atoms in total. The molecule has 2 rings (SSSR count). The molecule has 18 heavy (non-hydrogen) atoms. The minimum atomic E-state index is -0.179. The van der Waals surface area contributed by atoms with Crippen molar-refractivity contribution in [3.8, 4) is 0 Å². The lowest BCUT2D eigenvalue weighted by atomic mass is 10.1. The fourth-order valence-corrected chi connectivity index (χ4v) is 2.53. The van der Waals surface area contributed by atoms with Crippen LogP contribution in [-0.4, -0.2) is 22.1 Å². The molecule has 0 saturated heterocycles. The summed E-state index contributed by atoms with van der Waals surface area (Å²) in [6, 6.07) is 2.12. The molecular formula is C12H16N4OS. The normalized spacial score (nSPS) is 12.3. The molecule has 0 spiro atoms. The van der Waals surface area contributed by atoms with Crippen LogP contribution in [-0.2, 0) is 6.42 Å². The Balaban J connectivity index is 1.99. The standard InChI is InChI=1S/C12H16N4OS/c1-7(5-9-3-4-18-6-9)14-12(17)10-8(2)15-16-11(10)13/h3-4,6-7H,5H2,1-2H3,(H,14,17)(H3,13,15,16). The zero-order chi connectivity index (χ0) is 13.1. The lowest BCUT2D eigenvalue weighted by molar-refractivity contribution is 0.0940. The molecule has 2 aromatic rings. The molecule has 0 aliphatic rings. The summed E-state index contributed by atoms with van der Waals surface area (Å²) in [5.41, 5.74) is 8.00. The van der Waals surface area contributed by atoms with Gasteiger partial charge in [0.2, 0.25) is 0 Å². The molecular weight excluding hydrogens is 248 g/mol. The second-order valence-corrected chi connectivity index (χ2v) is 5.10. The van der Waals surface area contributed by atoms with Crippen LogP contribution in [0.15, 0.2) is 16.8 Å². The predicted molar refractivity (Wildman–Crippen MR) is 72.7 cm³/mol. The molecule has 0 saturated carbocycles. The summed E-state index contributed by atoms with van der Waals surface area (Å²) in [5.74, 6) is 0.0641. The summed E-state index contributed by atoms with van der Waals surface area (Å²) in [7, 11) is 0. The number of aromatic amines is 1. The quantitative estimate of drug-likeness (QED) is 0.786. The summed E-state index contributed by atoms with van der Waals surface area (Å²) < 4.78 is 0. The maximum absolute atomic E-state index is 12.0. The Kier molecular flexibility index (Phi) is 3.66. The van der Waals surface area contributed by atoms with Crippen LogP contribution in [0.5, 0.6) is 0 Å². The average molecular weight is 264 g/mol. The van der Waals surface area contributed by atoms with Crippen LogP contribution in [0.1, 0.15) is 28.5 Å². The summed E-state index contributed by atoms with van der Waals surface area (Å²) in [5, 5.41) is 13.6. The monoisotopic (exact) mass is 264 g/mol. The predicted octanol–water partition coefficient (Wildman–Crippen LogP) is 1.72. The number of hydrogen-bond donors (Lipinski definition) is 3. The average Bonchev–Trinajstić information content (AvgIpc) is 2.89. The molecule has 0 aromatic carbocycles. The Morgan fingerprint density at radius 2 is 2.44 bits per heavy atom. The summed E-state index contributed by atoms with van der Waals surface area (Å²) >= 11 is 1.66. The van der Waals surface area contributed by atoms with Gasteiger partial charge in [0.25, 0.3) is 5.91 Å². The van der Waals surface area contributed by atoms with Crippen LogP contribution >= 0.6 is 11.3 Å². The molecule has 2 aromatic heterocycles. The van der Waals surface area contributed by atoms with Gasteiger partial charge in [-0.3, -0.25) is 9.89 Å². The van der Waals surface area contributed by atoms with E-state index in [4.69, 9.17) is 5.73 Å². The number of H-pyrrole nitrogens is 1. The van der Waals surface area contributed by atoms with Crippen molar-refractivity contribution in [2.75, 3.05) is 5.73 Å². The first kappa shape index (κ1) is 12.6. The molecule has 0 aliphatic carbocycles. The number of thiophene rings is 1. The minimum Gasteiger partial charge on any atom is -0.382 e. The van der Waals surface area contributed by atoms with E-state index in [9.17, 15) is 4.79 Å². The zero-order valence-corrected chi connectivity index (χ0v) is 11.2. The van der Waals surface area contributed by atoms with Crippen LogP contribution in [0.3, 0.4) is 0 Å². The van der Waals surface area contributed by atoms with Crippen molar-refractivity contribution in [3.05, 3.63) is 33.6 Å². The first-order valence-corrected chi connectivity index (χ1v) is 6.64. The second kappa shape index (κ2) is 5.22. The number of hydrogen-bond acceptors (Lipinski definition) is 4. The molecule has 0 bridgehead atoms. The van der Waals surface area contributed by atoms with Gasteiger partial charge >= 0.3 is 0 Å². The first-order chi connectivity index (χ1) is 8.58. The van der Waals surface area contributed by atoms with Crippen LogP contribution in [0, 0.1) is 6.92 Å². The highest BCUT2D eigenvalue weighted by atomic mass is 32.1. The van der Waals surface area contributed by atoms with Gasteiger partial charge in [-0.05, 0) is 42.7 Å². The highest BCUT2D eigenvalue weighted by Gasteiger charge is 2.17. The van der Waals surface area contributed by atoms with Crippen molar-refractivity contribution in [2.24, 2.45) is 0 Å². The summed E-state index contributed by atoms with van der Waals surface area (Å²) in [6.07, 6.45) is 0.812. The Morgan fingerprint density at radius 3 is 3.00 bits per heavy atom. The third-order valence-electron chi connectivity index (χ3n) is 2.70. The SMILES string of the molecule is Cc1[nH]nc(N)c1C(=O)NC(C)Cc1ccsc1. The van der Waals surface area contributed by atoms with Gasteiger partial charge in [0, 0.05) is 11.7 Å². The fourth-order valence-electron chi connectivity index (χ4n) is 1.84. The van der Waals surface area contributed by atoms with E-state index in [1.54, 1.807) is 18.3 Å². The number of rotatable bonds is 4. The molecule has 0 aliphatic heterocycles. The number of nitrogens with zero attached hydrogens (tertiary/aromatic N) is 1. The van der Waals surface area contributed by atoms with Crippen molar-refractivity contribution in [3.63, 3.8) is 0 Å². The van der Waals surface area contributed by atoms with E-state index in [-0.39, 0.29) is 17.8 Å². The number of carbonyl (C=O) groups is 1. The molecule has 4 N–H and O–H groups in total. The van der Waals surface area contributed by atoms with Crippen LogP contribution in [0.25, 0.3) is 0 Å². The van der Waals surface area contributed by atoms with E-state index in [0.29, 0.717) is 11.3 Å². The molecule has 1 unspecified atom stereocenters. The van der Waals surface area contributed by atoms with Crippen molar-refractivity contribution in [2.45, 2.75) is 26.3 Å². The summed E-state index contributed by atoms with van der Waals surface area (Å²) in [6.45, 7) is 3.75. The van der Waals surface area contributed by atoms with Crippen molar-refractivity contribution in [1.29, 1.82) is 0 Å². The van der Waals surface area contributed by atoms with Gasteiger partial charge in [0.05, 0.1) is 0 Å². The molecule has 0 fully saturated rings. The van der Waals surface area contributed by atoms with Crippen LogP contribution in [0.4, 0.5) is 5.82 Å². The second-order valence-electron chi connectivity index (χ2n) is 4.32. The van der Waals surface area contributed by atoms with Crippen LogP contribution in [0.2, 0.25) is 0 Å². The van der Waals surface area contributed by atoms with E-state index in [1.807, 2.05) is 12.3 Å². The summed E-state index contributed by atoms with van der Waals surface area (Å²) in [4.78, 5) is 12.0. The highest BCUT2D eigenvalue weighted by molar-refractivity contribution is 7.07. The number of nitrogen functional groups attached to an aromatic ring is 1. The molecule has 1 atom stereocenters. The number of aryl methyl sites for hydroxylation is 1. The van der Waals surface area contributed by atoms with Gasteiger partial charge in [-0.15, -0.1) is 0 Å². The van der Waals surface area contributed by atoms with E-state index < -0.39 is 0 Å². The number of nitrogens with two attached hydrogens (primary N) is 1.